The fraction of sp³-hybridized carbons (Fsp3) is 0.889. The highest BCUT2D eigenvalue weighted by atomic mass is 16.6. The number of hydrogen-bond donors (Lipinski definition) is 1. The number of hydrogen-bond acceptors (Lipinski definition) is 6. The van der Waals surface area contributed by atoms with Crippen LogP contribution in [0, 0.1) is 0 Å². The topological polar surface area (TPSA) is 74.2 Å². The third-order valence-corrected chi connectivity index (χ3v) is 14.4. The first-order valence-corrected chi connectivity index (χ1v) is 31.0. The van der Waals surface area contributed by atoms with Crippen LogP contribution in [-0.2, 0) is 4.74 Å². The van der Waals surface area contributed by atoms with Crippen LogP contribution in [0.4, 0.5) is 0 Å². The van der Waals surface area contributed by atoms with Gasteiger partial charge in [-0.15, -0.1) is 0 Å². The van der Waals surface area contributed by atoms with Gasteiger partial charge in [-0.05, 0) is 31.4 Å². The maximum Gasteiger partial charge on any atom is 0.342 e. The third kappa shape index (κ3) is 42.3. The van der Waals surface area contributed by atoms with E-state index in [1.54, 1.807) is 6.07 Å². The lowest BCUT2D eigenvalue weighted by Gasteiger charge is -2.19. The second kappa shape index (κ2) is 53.8. The van der Waals surface area contributed by atoms with Crippen molar-refractivity contribution in [2.45, 2.75) is 329 Å². The van der Waals surface area contributed by atoms with Crippen LogP contribution in [-0.4, -0.2) is 44.1 Å². The van der Waals surface area contributed by atoms with Crippen molar-refractivity contribution >= 4 is 5.97 Å². The van der Waals surface area contributed by atoms with Gasteiger partial charge in [0.2, 0.25) is 5.75 Å². The van der Waals surface area contributed by atoms with Crippen LogP contribution in [0.15, 0.2) is 12.1 Å². The van der Waals surface area contributed by atoms with Gasteiger partial charge in [0.15, 0.2) is 11.5 Å². The number of benzene rings is 1. The zero-order valence-corrected chi connectivity index (χ0v) is 46.6. The summed E-state index contributed by atoms with van der Waals surface area (Å²) in [6.45, 7) is 8.28. The van der Waals surface area contributed by atoms with Gasteiger partial charge in [-0.1, -0.05) is 310 Å². The molecule has 0 saturated heterocycles. The van der Waals surface area contributed by atoms with Gasteiger partial charge >= 0.3 is 5.97 Å². The van der Waals surface area contributed by atoms with Gasteiger partial charge in [-0.3, -0.25) is 0 Å². The summed E-state index contributed by atoms with van der Waals surface area (Å²) in [5.74, 6) is 1.11. The third-order valence-electron chi connectivity index (χ3n) is 14.4. The van der Waals surface area contributed by atoms with E-state index >= 15 is 0 Å². The minimum absolute atomic E-state index is 0.0513. The molecule has 1 N–H and O–H groups in total. The van der Waals surface area contributed by atoms with E-state index in [-0.39, 0.29) is 13.2 Å². The highest BCUT2D eigenvalue weighted by Gasteiger charge is 2.23. The predicted molar refractivity (Wildman–Crippen MR) is 299 cm³/mol. The maximum atomic E-state index is 13.3. The normalized spacial score (nSPS) is 11.4. The quantitative estimate of drug-likeness (QED) is 0.0518. The molecule has 0 aliphatic carbocycles. The minimum Gasteiger partial charge on any atom is -0.490 e. The summed E-state index contributed by atoms with van der Waals surface area (Å²) in [5.41, 5.74) is 0.344. The standard InChI is InChI=1S/C63H118O6/c1-4-7-10-13-16-19-22-25-28-31-34-37-40-43-46-49-55-66-60-53-52-59(63(65)69-58-54-64)61(67-56-50-47-44-41-38-35-32-29-26-23-20-17-14-11-8-5-2)62(60)68-57-51-48-45-42-39-36-33-30-27-24-21-18-15-12-9-6-3/h52-53,64H,4-51,54-58H2,1-3H3. The summed E-state index contributed by atoms with van der Waals surface area (Å²) in [6, 6.07) is 3.61. The Morgan fingerprint density at radius 2 is 0.565 bits per heavy atom. The Hall–Kier alpha value is -1.95. The second-order valence-corrected chi connectivity index (χ2v) is 21.1. The molecule has 0 spiro atoms. The molecule has 0 heterocycles. The smallest absolute Gasteiger partial charge is 0.342 e. The highest BCUT2D eigenvalue weighted by molar-refractivity contribution is 5.94. The molecule has 0 atom stereocenters. The highest BCUT2D eigenvalue weighted by Crippen LogP contribution is 2.41. The minimum atomic E-state index is -0.498. The van der Waals surface area contributed by atoms with Crippen LogP contribution in [0.3, 0.4) is 0 Å². The molecule has 6 heteroatoms. The summed E-state index contributed by atoms with van der Waals surface area (Å²) >= 11 is 0. The number of ether oxygens (including phenoxy) is 4. The molecule has 406 valence electrons. The first-order valence-electron chi connectivity index (χ1n) is 31.0. The molecule has 1 rings (SSSR count). The molecular formula is C63H118O6. The van der Waals surface area contributed by atoms with E-state index in [1.807, 2.05) is 6.07 Å². The Morgan fingerprint density at radius 1 is 0.319 bits per heavy atom. The Balaban J connectivity index is 2.60. The Bertz CT molecular complexity index is 1190. The van der Waals surface area contributed by atoms with Crippen molar-refractivity contribution in [2.24, 2.45) is 0 Å². The van der Waals surface area contributed by atoms with E-state index in [9.17, 15) is 9.90 Å². The van der Waals surface area contributed by atoms with Crippen LogP contribution < -0.4 is 14.2 Å². The molecule has 0 fully saturated rings. The van der Waals surface area contributed by atoms with Gasteiger partial charge in [0.25, 0.3) is 0 Å². The summed E-state index contributed by atoms with van der Waals surface area (Å²) in [5, 5.41) is 9.43. The van der Waals surface area contributed by atoms with Crippen LogP contribution in [0.2, 0.25) is 0 Å². The summed E-state index contributed by atoms with van der Waals surface area (Å²) in [6.07, 6.45) is 63.9. The first kappa shape index (κ1) is 65.1. The maximum absolute atomic E-state index is 13.3. The second-order valence-electron chi connectivity index (χ2n) is 21.1. The molecule has 0 unspecified atom stereocenters. The Kier molecular flexibility index (Phi) is 50.8. The number of rotatable bonds is 57. The number of aliphatic hydroxyl groups is 1. The number of carbonyl (C=O) groups excluding carboxylic acids is 1. The van der Waals surface area contributed by atoms with E-state index in [1.165, 1.54) is 270 Å². The van der Waals surface area contributed by atoms with Crippen molar-refractivity contribution in [1.29, 1.82) is 0 Å². The van der Waals surface area contributed by atoms with E-state index in [0.717, 1.165) is 38.5 Å². The van der Waals surface area contributed by atoms with Gasteiger partial charge in [0.1, 0.15) is 12.2 Å². The molecule has 0 amide bonds. The molecule has 1 aromatic rings. The molecular weight excluding hydrogens is 853 g/mol. The van der Waals surface area contributed by atoms with Crippen molar-refractivity contribution < 1.29 is 28.8 Å². The van der Waals surface area contributed by atoms with E-state index in [4.69, 9.17) is 18.9 Å². The van der Waals surface area contributed by atoms with E-state index in [2.05, 4.69) is 20.8 Å². The van der Waals surface area contributed by atoms with E-state index < -0.39 is 5.97 Å². The first-order chi connectivity index (χ1) is 34.2. The zero-order valence-electron chi connectivity index (χ0n) is 46.6. The average molecular weight is 972 g/mol. The Morgan fingerprint density at radius 3 is 0.841 bits per heavy atom. The van der Waals surface area contributed by atoms with Crippen molar-refractivity contribution in [1.82, 2.24) is 0 Å². The predicted octanol–water partition coefficient (Wildman–Crippen LogP) is 20.8. The number of unbranched alkanes of at least 4 members (excludes halogenated alkanes) is 45. The Labute approximate surface area is 430 Å². The van der Waals surface area contributed by atoms with Crippen molar-refractivity contribution in [3.05, 3.63) is 17.7 Å². The summed E-state index contributed by atoms with van der Waals surface area (Å²) < 4.78 is 24.9. The van der Waals surface area contributed by atoms with Gasteiger partial charge in [-0.25, -0.2) is 4.79 Å². The zero-order chi connectivity index (χ0) is 49.6. The van der Waals surface area contributed by atoms with Gasteiger partial charge < -0.3 is 24.1 Å². The molecule has 1 aromatic carbocycles. The fourth-order valence-electron chi connectivity index (χ4n) is 9.80. The van der Waals surface area contributed by atoms with Crippen LogP contribution >= 0.6 is 0 Å². The van der Waals surface area contributed by atoms with Crippen molar-refractivity contribution in [2.75, 3.05) is 33.0 Å². The summed E-state index contributed by atoms with van der Waals surface area (Å²) in [4.78, 5) is 13.3. The molecule has 69 heavy (non-hydrogen) atoms. The molecule has 0 aromatic heterocycles. The van der Waals surface area contributed by atoms with Crippen LogP contribution in [0.1, 0.15) is 339 Å². The number of carbonyl (C=O) groups is 1. The fourth-order valence-corrected chi connectivity index (χ4v) is 9.80. The van der Waals surface area contributed by atoms with Crippen molar-refractivity contribution in [3.63, 3.8) is 0 Å². The van der Waals surface area contributed by atoms with Gasteiger partial charge in [0.05, 0.1) is 26.4 Å². The van der Waals surface area contributed by atoms with Gasteiger partial charge in [0, 0.05) is 0 Å². The van der Waals surface area contributed by atoms with E-state index in [0.29, 0.717) is 42.6 Å². The number of esters is 1. The lowest BCUT2D eigenvalue weighted by atomic mass is 10.0. The largest absolute Gasteiger partial charge is 0.490 e. The van der Waals surface area contributed by atoms with Crippen LogP contribution in [0.5, 0.6) is 17.2 Å². The number of aliphatic hydroxyl groups excluding tert-OH is 1. The van der Waals surface area contributed by atoms with Crippen LogP contribution in [0.25, 0.3) is 0 Å². The molecule has 0 saturated carbocycles. The van der Waals surface area contributed by atoms with Gasteiger partial charge in [-0.2, -0.15) is 0 Å². The molecule has 6 nitrogen and oxygen atoms in total. The molecule has 0 radical (unpaired) electrons. The molecule has 0 bridgehead atoms. The SMILES string of the molecule is CCCCCCCCCCCCCCCCCCOc1ccc(C(=O)OCCO)c(OCCCCCCCCCCCCCCCCCC)c1OCCCCCCCCCCCCCCCCCC. The summed E-state index contributed by atoms with van der Waals surface area (Å²) in [7, 11) is 0. The lowest BCUT2D eigenvalue weighted by Crippen LogP contribution is -2.13. The lowest BCUT2D eigenvalue weighted by molar-refractivity contribution is 0.0428. The molecule has 0 aliphatic rings. The monoisotopic (exact) mass is 971 g/mol. The average Bonchev–Trinajstić information content (AvgIpc) is 3.36. The van der Waals surface area contributed by atoms with Crippen molar-refractivity contribution in [3.8, 4) is 17.2 Å². The molecule has 0 aliphatic heterocycles.